The van der Waals surface area contributed by atoms with Gasteiger partial charge in [-0.15, -0.1) is 5.56 Å². The van der Waals surface area contributed by atoms with Crippen LogP contribution in [-0.2, 0) is 36.1 Å². The van der Waals surface area contributed by atoms with Crippen molar-refractivity contribution >= 4 is 3.71 Å². The third-order valence-electron chi connectivity index (χ3n) is 6.49. The fourth-order valence-electron chi connectivity index (χ4n) is 4.56. The smallest absolute Gasteiger partial charge is 0.0253 e. The van der Waals surface area contributed by atoms with Crippen LogP contribution in [0.3, 0.4) is 0 Å². The summed E-state index contributed by atoms with van der Waals surface area (Å²) >= 11 is 1.46. The number of allylic oxidation sites excluding steroid dienone is 4. The maximum atomic E-state index is 3.37. The maximum absolute atomic E-state index is 3.37. The SMILES string of the molecule is CC(C)(C)c1ccc([CH]=[Zr+2])cc1.CC1=[C-]C(C)C=C1C(C)C.[Cl-].[Cl-].[c-]1cccc2c1Cc1ccccc1-2. The fraction of sp³-hybridized carbons (Fsp3) is 0.324. The Balaban J connectivity index is 0.000000273. The first-order chi connectivity index (χ1) is 16.6. The molecule has 2 aliphatic carbocycles. The number of benzene rings is 3. The molecule has 1 atom stereocenters. The van der Waals surface area contributed by atoms with E-state index < -0.39 is 0 Å². The van der Waals surface area contributed by atoms with Gasteiger partial charge in [0.25, 0.3) is 0 Å². The van der Waals surface area contributed by atoms with Crippen molar-refractivity contribution in [3.8, 4) is 11.1 Å². The molecule has 0 saturated carbocycles. The van der Waals surface area contributed by atoms with Crippen molar-refractivity contribution in [2.45, 2.75) is 60.3 Å². The molecule has 5 rings (SSSR count). The van der Waals surface area contributed by atoms with E-state index in [0.29, 0.717) is 11.8 Å². The van der Waals surface area contributed by atoms with Crippen molar-refractivity contribution in [3.05, 3.63) is 118 Å². The molecule has 0 aliphatic heterocycles. The molecule has 3 aromatic carbocycles. The van der Waals surface area contributed by atoms with Crippen molar-refractivity contribution in [1.29, 1.82) is 0 Å². The predicted molar refractivity (Wildman–Crippen MR) is 148 cm³/mol. The minimum atomic E-state index is 0. The number of hydrogen-bond acceptors (Lipinski definition) is 0. The van der Waals surface area contributed by atoms with Gasteiger partial charge in [0.15, 0.2) is 0 Å². The van der Waals surface area contributed by atoms with E-state index in [1.54, 1.807) is 0 Å². The number of hydrogen-bond donors (Lipinski definition) is 0. The zero-order valence-electron chi connectivity index (χ0n) is 23.1. The van der Waals surface area contributed by atoms with E-state index in [-0.39, 0.29) is 30.2 Å². The van der Waals surface area contributed by atoms with Crippen LogP contribution in [0.25, 0.3) is 11.1 Å². The first-order valence-corrected chi connectivity index (χ1v) is 14.0. The summed E-state index contributed by atoms with van der Waals surface area (Å²) in [6.07, 6.45) is 6.73. The summed E-state index contributed by atoms with van der Waals surface area (Å²) in [5, 5.41) is 0. The number of rotatable bonds is 2. The largest absolute Gasteiger partial charge is 1.00 e. The summed E-state index contributed by atoms with van der Waals surface area (Å²) in [7, 11) is 0. The van der Waals surface area contributed by atoms with Crippen molar-refractivity contribution in [1.82, 2.24) is 0 Å². The summed E-state index contributed by atoms with van der Waals surface area (Å²) < 4.78 is 2.21. The quantitative estimate of drug-likeness (QED) is 0.307. The molecule has 0 spiro atoms. The number of halogens is 2. The van der Waals surface area contributed by atoms with Gasteiger partial charge >= 0.3 is 89.5 Å². The molecule has 194 valence electrons. The van der Waals surface area contributed by atoms with Crippen LogP contribution in [0, 0.1) is 24.0 Å². The second-order valence-electron chi connectivity index (χ2n) is 10.7. The van der Waals surface area contributed by atoms with Crippen LogP contribution < -0.4 is 24.8 Å². The Morgan fingerprint density at radius 1 is 0.919 bits per heavy atom. The molecule has 0 aromatic heterocycles. The Hall–Kier alpha value is -1.53. The van der Waals surface area contributed by atoms with Gasteiger partial charge in [-0.25, -0.2) is 5.57 Å². The van der Waals surface area contributed by atoms with Crippen LogP contribution in [0.5, 0.6) is 0 Å². The molecule has 0 amide bonds. The second kappa shape index (κ2) is 15.2. The summed E-state index contributed by atoms with van der Waals surface area (Å²) in [5.74, 6) is 1.20. The van der Waals surface area contributed by atoms with E-state index in [4.69, 9.17) is 0 Å². The molecule has 37 heavy (non-hydrogen) atoms. The Kier molecular flexibility index (Phi) is 13.7. The summed E-state index contributed by atoms with van der Waals surface area (Å²) in [5.41, 5.74) is 11.4. The zero-order chi connectivity index (χ0) is 25.6. The Bertz CT molecular complexity index is 1170. The van der Waals surface area contributed by atoms with E-state index in [0.717, 1.165) is 6.42 Å². The van der Waals surface area contributed by atoms with E-state index >= 15 is 0 Å². The fourth-order valence-corrected chi connectivity index (χ4v) is 5.04. The molecule has 0 nitrogen and oxygen atoms in total. The molecule has 1 unspecified atom stereocenters. The predicted octanol–water partition coefficient (Wildman–Crippen LogP) is 2.72. The van der Waals surface area contributed by atoms with Gasteiger partial charge in [0.1, 0.15) is 0 Å². The molecular weight excluding hydrogens is 571 g/mol. The van der Waals surface area contributed by atoms with E-state index in [1.165, 1.54) is 68.8 Å². The second-order valence-corrected chi connectivity index (χ2v) is 11.5. The molecule has 3 heteroatoms. The molecule has 0 saturated heterocycles. The van der Waals surface area contributed by atoms with Gasteiger partial charge < -0.3 is 24.8 Å². The van der Waals surface area contributed by atoms with Gasteiger partial charge in [-0.3, -0.25) is 6.08 Å². The van der Waals surface area contributed by atoms with Crippen LogP contribution in [0.4, 0.5) is 0 Å². The first kappa shape index (κ1) is 33.5. The Morgan fingerprint density at radius 2 is 1.54 bits per heavy atom. The normalized spacial score (nSPS) is 14.8. The molecule has 0 heterocycles. The van der Waals surface area contributed by atoms with Crippen molar-refractivity contribution in [2.24, 2.45) is 11.8 Å². The Labute approximate surface area is 252 Å². The molecular formula is C34H38Cl2Zr-2. The van der Waals surface area contributed by atoms with Crippen molar-refractivity contribution < 1.29 is 49.0 Å². The molecule has 0 N–H and O–H groups in total. The van der Waals surface area contributed by atoms with Crippen LogP contribution in [-0.4, -0.2) is 3.71 Å². The van der Waals surface area contributed by atoms with E-state index in [2.05, 4.69) is 131 Å². The van der Waals surface area contributed by atoms with E-state index in [9.17, 15) is 0 Å². The molecule has 0 fully saturated rings. The summed E-state index contributed by atoms with van der Waals surface area (Å²) in [6.45, 7) is 15.5. The van der Waals surface area contributed by atoms with Gasteiger partial charge in [0.05, 0.1) is 0 Å². The topological polar surface area (TPSA) is 0 Å². The molecule has 0 bridgehead atoms. The van der Waals surface area contributed by atoms with Crippen LogP contribution in [0.1, 0.15) is 70.7 Å². The van der Waals surface area contributed by atoms with Crippen LogP contribution in [0.2, 0.25) is 0 Å². The molecule has 0 radical (unpaired) electrons. The van der Waals surface area contributed by atoms with Gasteiger partial charge in [0.2, 0.25) is 0 Å². The van der Waals surface area contributed by atoms with E-state index in [1.807, 2.05) is 6.07 Å². The van der Waals surface area contributed by atoms with Crippen molar-refractivity contribution in [3.63, 3.8) is 0 Å². The average Bonchev–Trinajstić information content (AvgIpc) is 3.38. The van der Waals surface area contributed by atoms with Crippen LogP contribution >= 0.6 is 0 Å². The van der Waals surface area contributed by atoms with Gasteiger partial charge in [-0.1, -0.05) is 74.9 Å². The standard InChI is InChI=1S/C13H9.C11H14.C10H15.2ClH.Zr/c1-3-7-12-10(5-1)9-11-6-2-4-8-13(11)12;1-9-5-7-10(8-6-9)11(2,3)4;1-7(2)10-6-8(3)5-9(10)4;;;/h1-5,7-8H,9H2;1,5-8H,2-4H3;6-8H,1-4H3;2*1H;/q-1;;-1;;;+2/p-2. The van der Waals surface area contributed by atoms with Gasteiger partial charge in [0, 0.05) is 0 Å². The average molecular weight is 609 g/mol. The third-order valence-corrected chi connectivity index (χ3v) is 7.31. The Morgan fingerprint density at radius 3 is 2.05 bits per heavy atom. The molecule has 3 aromatic rings. The maximum Gasteiger partial charge on any atom is -0.0253 e. The zero-order valence-corrected chi connectivity index (χ0v) is 27.1. The van der Waals surface area contributed by atoms with Crippen molar-refractivity contribution in [2.75, 3.05) is 0 Å². The van der Waals surface area contributed by atoms with Gasteiger partial charge in [-0.05, 0) is 6.42 Å². The summed E-state index contributed by atoms with van der Waals surface area (Å²) in [6, 6.07) is 26.9. The molecule has 2 aliphatic rings. The minimum absolute atomic E-state index is 0. The third kappa shape index (κ3) is 9.31. The van der Waals surface area contributed by atoms with Crippen LogP contribution in [0.15, 0.2) is 84.0 Å². The first-order valence-electron chi connectivity index (χ1n) is 12.6. The number of fused-ring (bicyclic) bond motifs is 3. The minimum Gasteiger partial charge on any atom is -1.00 e. The monoisotopic (exact) mass is 606 g/mol. The summed E-state index contributed by atoms with van der Waals surface area (Å²) in [4.78, 5) is 0. The van der Waals surface area contributed by atoms with Gasteiger partial charge in [-0.2, -0.15) is 41.5 Å².